The quantitative estimate of drug-likeness (QED) is 0.289. The summed E-state index contributed by atoms with van der Waals surface area (Å²) < 4.78 is 4.71. The fraction of sp³-hybridized carbons (Fsp3) is 0.154. The van der Waals surface area contributed by atoms with Crippen LogP contribution in [0.5, 0.6) is 5.75 Å². The van der Waals surface area contributed by atoms with E-state index < -0.39 is 5.97 Å². The zero-order valence-electron chi connectivity index (χ0n) is 9.89. The number of hydrogen-bond donors (Lipinski definition) is 2. The van der Waals surface area contributed by atoms with Crippen LogP contribution >= 0.6 is 11.6 Å². The van der Waals surface area contributed by atoms with Crippen molar-refractivity contribution in [2.24, 2.45) is 0 Å². The van der Waals surface area contributed by atoms with Gasteiger partial charge in [0.05, 0.1) is 12.3 Å². The van der Waals surface area contributed by atoms with Crippen molar-refractivity contribution in [1.82, 2.24) is 0 Å². The van der Waals surface area contributed by atoms with Gasteiger partial charge in [0, 0.05) is 16.7 Å². The first-order valence-electron chi connectivity index (χ1n) is 5.34. The van der Waals surface area contributed by atoms with Crippen molar-refractivity contribution >= 4 is 29.3 Å². The lowest BCUT2D eigenvalue weighted by Gasteiger charge is -2.03. The van der Waals surface area contributed by atoms with Gasteiger partial charge in [-0.15, -0.1) is 0 Å². The Labute approximate surface area is 110 Å². The monoisotopic (exact) mass is 267 g/mol. The lowest BCUT2D eigenvalue weighted by Crippen LogP contribution is -1.98. The summed E-state index contributed by atoms with van der Waals surface area (Å²) in [5.74, 6) is -0.461. The molecule has 1 aromatic carbocycles. The van der Waals surface area contributed by atoms with Crippen molar-refractivity contribution in [1.29, 1.82) is 0 Å². The maximum absolute atomic E-state index is 11.0. The number of carbonyl (C=O) groups is 1. The van der Waals surface area contributed by atoms with E-state index in [1.165, 1.54) is 18.2 Å². The number of hydrogen-bond acceptors (Lipinski definition) is 4. The molecular formula is C13H14ClNO3. The molecule has 1 rings (SSSR count). The Bertz CT molecular complexity index is 495. The molecule has 0 atom stereocenters. The number of esters is 1. The van der Waals surface area contributed by atoms with Crippen molar-refractivity contribution in [2.75, 3.05) is 12.3 Å². The number of nitrogens with two attached hydrogens (primary N) is 1. The van der Waals surface area contributed by atoms with E-state index in [4.69, 9.17) is 22.1 Å². The molecule has 0 aliphatic carbocycles. The van der Waals surface area contributed by atoms with Crippen LogP contribution in [0.2, 0.25) is 5.02 Å². The third-order valence-electron chi connectivity index (χ3n) is 2.04. The molecule has 5 heteroatoms. The number of carbonyl (C=O) groups excluding carboxylic acids is 1. The van der Waals surface area contributed by atoms with Gasteiger partial charge in [-0.25, -0.2) is 4.79 Å². The van der Waals surface area contributed by atoms with Crippen LogP contribution in [-0.2, 0) is 9.53 Å². The Kier molecular flexibility index (Phi) is 5.27. The number of phenolic OH excluding ortho intramolecular Hbond substituents is 1. The number of phenols is 1. The minimum atomic E-state index is -0.419. The second-order valence-corrected chi connectivity index (χ2v) is 3.84. The Morgan fingerprint density at radius 1 is 1.50 bits per heavy atom. The fourth-order valence-corrected chi connectivity index (χ4v) is 1.49. The van der Waals surface area contributed by atoms with Gasteiger partial charge in [-0.05, 0) is 19.1 Å². The molecule has 0 unspecified atom stereocenters. The van der Waals surface area contributed by atoms with E-state index >= 15 is 0 Å². The number of aromatic hydroxyl groups is 1. The van der Waals surface area contributed by atoms with Crippen LogP contribution in [0.15, 0.2) is 30.4 Å². The van der Waals surface area contributed by atoms with Crippen molar-refractivity contribution in [3.63, 3.8) is 0 Å². The minimum Gasteiger partial charge on any atom is -0.505 e. The smallest absolute Gasteiger partial charge is 0.330 e. The molecule has 4 nitrogen and oxygen atoms in total. The number of nitrogen functional groups attached to an aromatic ring is 1. The number of ether oxygens (including phenoxy) is 1. The molecule has 3 N–H and O–H groups in total. The molecule has 0 amide bonds. The zero-order chi connectivity index (χ0) is 13.5. The maximum Gasteiger partial charge on any atom is 0.330 e. The van der Waals surface area contributed by atoms with Crippen LogP contribution in [0.25, 0.3) is 6.08 Å². The summed E-state index contributed by atoms with van der Waals surface area (Å²) in [6.45, 7) is 2.06. The summed E-state index contributed by atoms with van der Waals surface area (Å²) in [4.78, 5) is 11.0. The Balaban J connectivity index is 2.76. The molecule has 1 aromatic rings. The van der Waals surface area contributed by atoms with Crippen LogP contribution in [0.1, 0.15) is 12.5 Å². The first kappa shape index (κ1) is 14.1. The highest BCUT2D eigenvalue weighted by atomic mass is 35.5. The summed E-state index contributed by atoms with van der Waals surface area (Å²) in [6.07, 6.45) is 5.97. The van der Waals surface area contributed by atoms with Crippen molar-refractivity contribution in [3.05, 3.63) is 40.9 Å². The molecule has 0 aliphatic rings. The van der Waals surface area contributed by atoms with Gasteiger partial charge in [0.1, 0.15) is 5.75 Å². The molecule has 0 saturated heterocycles. The van der Waals surface area contributed by atoms with Gasteiger partial charge >= 0.3 is 5.97 Å². The molecule has 0 spiro atoms. The summed E-state index contributed by atoms with van der Waals surface area (Å²) in [5.41, 5.74) is 6.24. The summed E-state index contributed by atoms with van der Waals surface area (Å²) in [5, 5.41) is 10.1. The van der Waals surface area contributed by atoms with Crippen LogP contribution in [0.3, 0.4) is 0 Å². The average molecular weight is 268 g/mol. The van der Waals surface area contributed by atoms with E-state index in [2.05, 4.69) is 0 Å². The van der Waals surface area contributed by atoms with Gasteiger partial charge in [-0.2, -0.15) is 0 Å². The Hall–Kier alpha value is -1.94. The topological polar surface area (TPSA) is 72.5 Å². The Morgan fingerprint density at radius 2 is 2.22 bits per heavy atom. The fourth-order valence-electron chi connectivity index (χ4n) is 1.25. The lowest BCUT2D eigenvalue weighted by atomic mass is 10.1. The normalized spacial score (nSPS) is 11.2. The van der Waals surface area contributed by atoms with Crippen molar-refractivity contribution in [2.45, 2.75) is 6.92 Å². The highest BCUT2D eigenvalue weighted by Crippen LogP contribution is 2.29. The average Bonchev–Trinajstić information content (AvgIpc) is 2.31. The van der Waals surface area contributed by atoms with E-state index in [9.17, 15) is 9.90 Å². The molecule has 0 bridgehead atoms. The van der Waals surface area contributed by atoms with Crippen LogP contribution in [-0.4, -0.2) is 17.7 Å². The Morgan fingerprint density at radius 3 is 2.89 bits per heavy atom. The van der Waals surface area contributed by atoms with E-state index in [1.807, 2.05) is 0 Å². The third kappa shape index (κ3) is 4.14. The standard InChI is InChI=1S/C13H14ClNO3/c1-2-18-12(16)6-4-3-5-9-7-10(14)8-11(15)13(9)17/h3-8,17H,2,15H2,1H3. The van der Waals surface area contributed by atoms with E-state index in [1.54, 1.807) is 25.1 Å². The second kappa shape index (κ2) is 6.71. The summed E-state index contributed by atoms with van der Waals surface area (Å²) in [6, 6.07) is 3.03. The third-order valence-corrected chi connectivity index (χ3v) is 2.26. The van der Waals surface area contributed by atoms with Crippen molar-refractivity contribution < 1.29 is 14.6 Å². The first-order valence-corrected chi connectivity index (χ1v) is 5.72. The molecule has 18 heavy (non-hydrogen) atoms. The summed E-state index contributed by atoms with van der Waals surface area (Å²) in [7, 11) is 0. The number of benzene rings is 1. The van der Waals surface area contributed by atoms with E-state index in [0.717, 1.165) is 0 Å². The van der Waals surface area contributed by atoms with Gasteiger partial charge < -0.3 is 15.6 Å². The van der Waals surface area contributed by atoms with Crippen LogP contribution < -0.4 is 5.73 Å². The van der Waals surface area contributed by atoms with E-state index in [-0.39, 0.29) is 11.4 Å². The van der Waals surface area contributed by atoms with E-state index in [0.29, 0.717) is 17.2 Å². The number of rotatable bonds is 4. The molecule has 0 radical (unpaired) electrons. The van der Waals surface area contributed by atoms with Gasteiger partial charge in [0.15, 0.2) is 0 Å². The van der Waals surface area contributed by atoms with Crippen molar-refractivity contribution in [3.8, 4) is 5.75 Å². The predicted octanol–water partition coefficient (Wildman–Crippen LogP) is 2.76. The molecular weight excluding hydrogens is 254 g/mol. The maximum atomic E-state index is 11.0. The largest absolute Gasteiger partial charge is 0.505 e. The first-order chi connectivity index (χ1) is 8.54. The zero-order valence-corrected chi connectivity index (χ0v) is 10.6. The lowest BCUT2D eigenvalue weighted by molar-refractivity contribution is -0.137. The molecule has 0 aromatic heterocycles. The van der Waals surface area contributed by atoms with Crippen LogP contribution in [0, 0.1) is 0 Å². The number of anilines is 1. The second-order valence-electron chi connectivity index (χ2n) is 3.40. The molecule has 0 fully saturated rings. The minimum absolute atomic E-state index is 0.0415. The number of halogens is 1. The highest BCUT2D eigenvalue weighted by Gasteiger charge is 2.03. The van der Waals surface area contributed by atoms with Crippen LogP contribution in [0.4, 0.5) is 5.69 Å². The SMILES string of the molecule is CCOC(=O)C=CC=Cc1cc(Cl)cc(N)c1O. The molecule has 0 aliphatic heterocycles. The summed E-state index contributed by atoms with van der Waals surface area (Å²) >= 11 is 5.81. The number of allylic oxidation sites excluding steroid dienone is 2. The van der Waals surface area contributed by atoms with Gasteiger partial charge in [0.25, 0.3) is 0 Å². The molecule has 0 heterocycles. The van der Waals surface area contributed by atoms with Gasteiger partial charge in [-0.3, -0.25) is 0 Å². The highest BCUT2D eigenvalue weighted by molar-refractivity contribution is 6.31. The molecule has 96 valence electrons. The predicted molar refractivity (Wildman–Crippen MR) is 72.3 cm³/mol. The molecule has 0 saturated carbocycles. The van der Waals surface area contributed by atoms with Gasteiger partial charge in [0.2, 0.25) is 0 Å². The van der Waals surface area contributed by atoms with Gasteiger partial charge in [-0.1, -0.05) is 29.8 Å².